The van der Waals surface area contributed by atoms with Gasteiger partial charge in [-0.15, -0.1) is 0 Å². The molecule has 15 heavy (non-hydrogen) atoms. The monoisotopic (exact) mass is 204 g/mol. The van der Waals surface area contributed by atoms with Gasteiger partial charge in [0.2, 0.25) is 0 Å². The first kappa shape index (κ1) is 11.1. The van der Waals surface area contributed by atoms with Crippen LogP contribution in [-0.4, -0.2) is 24.7 Å². The van der Waals surface area contributed by atoms with E-state index < -0.39 is 5.97 Å². The Hall–Kier alpha value is -1.99. The normalized spacial score (nSPS) is 9.13. The van der Waals surface area contributed by atoms with Crippen LogP contribution in [0.4, 0.5) is 5.69 Å². The molecule has 0 spiro atoms. The molecule has 0 aliphatic rings. The van der Waals surface area contributed by atoms with Crippen LogP contribution in [0, 0.1) is 11.8 Å². The molecule has 0 bridgehead atoms. The van der Waals surface area contributed by atoms with Gasteiger partial charge < -0.3 is 16.2 Å². The maximum Gasteiger partial charge on any atom is 0.335 e. The number of aromatic carboxylic acids is 1. The number of carboxylic acid groups (broad SMARTS) is 1. The van der Waals surface area contributed by atoms with E-state index in [-0.39, 0.29) is 5.56 Å². The minimum absolute atomic E-state index is 0.193. The van der Waals surface area contributed by atoms with Gasteiger partial charge in [-0.1, -0.05) is 11.8 Å². The summed E-state index contributed by atoms with van der Waals surface area (Å²) in [5.41, 5.74) is 6.88. The first-order chi connectivity index (χ1) is 7.15. The molecule has 4 nitrogen and oxygen atoms in total. The molecular weight excluding hydrogens is 192 g/mol. The Morgan fingerprint density at radius 1 is 1.60 bits per heavy atom. The molecule has 1 aromatic rings. The van der Waals surface area contributed by atoms with Crippen LogP contribution in [0.25, 0.3) is 0 Å². The highest BCUT2D eigenvalue weighted by atomic mass is 16.4. The summed E-state index contributed by atoms with van der Waals surface area (Å²) in [4.78, 5) is 10.7. The minimum Gasteiger partial charge on any atom is -0.478 e. The largest absolute Gasteiger partial charge is 0.478 e. The van der Waals surface area contributed by atoms with E-state index in [2.05, 4.69) is 17.2 Å². The zero-order chi connectivity index (χ0) is 11.3. The molecule has 0 atom stereocenters. The lowest BCUT2D eigenvalue weighted by Crippen LogP contribution is -2.04. The molecule has 1 rings (SSSR count). The molecule has 0 heterocycles. The first-order valence-electron chi connectivity index (χ1n) is 4.41. The average molecular weight is 204 g/mol. The SMILES string of the molecule is CNCC#Cc1cc(C(=O)O)ccc1N. The van der Waals surface area contributed by atoms with Crippen molar-refractivity contribution in [2.45, 2.75) is 0 Å². The Morgan fingerprint density at radius 2 is 2.33 bits per heavy atom. The van der Waals surface area contributed by atoms with Crippen LogP contribution in [0.15, 0.2) is 18.2 Å². The van der Waals surface area contributed by atoms with Gasteiger partial charge in [0.05, 0.1) is 12.1 Å². The summed E-state index contributed by atoms with van der Waals surface area (Å²) in [7, 11) is 1.78. The number of rotatable bonds is 2. The highest BCUT2D eigenvalue weighted by Crippen LogP contribution is 2.12. The van der Waals surface area contributed by atoms with Crippen LogP contribution < -0.4 is 11.1 Å². The van der Waals surface area contributed by atoms with Crippen molar-refractivity contribution >= 4 is 11.7 Å². The fourth-order valence-corrected chi connectivity index (χ4v) is 1.03. The number of nitrogens with one attached hydrogen (secondary N) is 1. The Bertz CT molecular complexity index is 430. The van der Waals surface area contributed by atoms with Crippen molar-refractivity contribution in [1.82, 2.24) is 5.32 Å². The highest BCUT2D eigenvalue weighted by Gasteiger charge is 2.04. The molecule has 0 aliphatic heterocycles. The molecule has 0 unspecified atom stereocenters. The van der Waals surface area contributed by atoms with E-state index in [1.54, 1.807) is 13.1 Å². The number of nitrogen functional groups attached to an aromatic ring is 1. The van der Waals surface area contributed by atoms with E-state index >= 15 is 0 Å². The predicted octanol–water partition coefficient (Wildman–Crippen LogP) is 0.538. The molecular formula is C11H12N2O2. The van der Waals surface area contributed by atoms with E-state index in [1.807, 2.05) is 0 Å². The van der Waals surface area contributed by atoms with Gasteiger partial charge in [-0.05, 0) is 25.2 Å². The van der Waals surface area contributed by atoms with Gasteiger partial charge in [0.1, 0.15) is 0 Å². The van der Waals surface area contributed by atoms with E-state index in [0.29, 0.717) is 17.8 Å². The first-order valence-corrected chi connectivity index (χ1v) is 4.41. The lowest BCUT2D eigenvalue weighted by atomic mass is 10.1. The lowest BCUT2D eigenvalue weighted by molar-refractivity contribution is 0.0697. The van der Waals surface area contributed by atoms with Crippen LogP contribution in [0.2, 0.25) is 0 Å². The van der Waals surface area contributed by atoms with Crippen LogP contribution >= 0.6 is 0 Å². The summed E-state index contributed by atoms with van der Waals surface area (Å²) < 4.78 is 0. The van der Waals surface area contributed by atoms with Crippen LogP contribution in [0.3, 0.4) is 0 Å². The van der Waals surface area contributed by atoms with E-state index in [0.717, 1.165) is 0 Å². The summed E-state index contributed by atoms with van der Waals surface area (Å²) in [5.74, 6) is 4.65. The smallest absolute Gasteiger partial charge is 0.335 e. The number of carbonyl (C=O) groups is 1. The fourth-order valence-electron chi connectivity index (χ4n) is 1.03. The highest BCUT2D eigenvalue weighted by molar-refractivity contribution is 5.88. The third-order valence-electron chi connectivity index (χ3n) is 1.79. The summed E-state index contributed by atoms with van der Waals surface area (Å²) >= 11 is 0. The topological polar surface area (TPSA) is 75.3 Å². The van der Waals surface area contributed by atoms with E-state index in [4.69, 9.17) is 10.8 Å². The van der Waals surface area contributed by atoms with Crippen molar-refractivity contribution in [2.75, 3.05) is 19.3 Å². The summed E-state index contributed by atoms with van der Waals surface area (Å²) in [6.45, 7) is 0.538. The average Bonchev–Trinajstić information content (AvgIpc) is 2.20. The Morgan fingerprint density at radius 3 is 2.93 bits per heavy atom. The molecule has 78 valence electrons. The minimum atomic E-state index is -0.980. The van der Waals surface area contributed by atoms with E-state index in [1.165, 1.54) is 12.1 Å². The molecule has 0 aliphatic carbocycles. The van der Waals surface area contributed by atoms with Crippen molar-refractivity contribution in [3.05, 3.63) is 29.3 Å². The number of hydrogen-bond donors (Lipinski definition) is 3. The molecule has 0 radical (unpaired) electrons. The molecule has 0 amide bonds. The Labute approximate surface area is 88.1 Å². The molecule has 4 N–H and O–H groups in total. The van der Waals surface area contributed by atoms with Gasteiger partial charge >= 0.3 is 5.97 Å². The van der Waals surface area contributed by atoms with E-state index in [9.17, 15) is 4.79 Å². The molecule has 1 aromatic carbocycles. The van der Waals surface area contributed by atoms with Crippen molar-refractivity contribution in [1.29, 1.82) is 0 Å². The van der Waals surface area contributed by atoms with Gasteiger partial charge in [-0.3, -0.25) is 0 Å². The molecule has 4 heteroatoms. The maximum atomic E-state index is 10.7. The quantitative estimate of drug-likeness (QED) is 0.485. The molecule has 0 aromatic heterocycles. The third-order valence-corrected chi connectivity index (χ3v) is 1.79. The Kier molecular flexibility index (Phi) is 3.72. The van der Waals surface area contributed by atoms with Gasteiger partial charge in [0.25, 0.3) is 0 Å². The van der Waals surface area contributed by atoms with Gasteiger partial charge in [-0.25, -0.2) is 4.79 Å². The van der Waals surface area contributed by atoms with Crippen LogP contribution in [-0.2, 0) is 0 Å². The molecule has 0 fully saturated rings. The third kappa shape index (κ3) is 3.01. The van der Waals surface area contributed by atoms with Crippen molar-refractivity contribution in [3.8, 4) is 11.8 Å². The standard InChI is InChI=1S/C11H12N2O2/c1-13-6-2-3-8-7-9(11(14)15)4-5-10(8)12/h4-5,7,13H,6,12H2,1H3,(H,14,15). The van der Waals surface area contributed by atoms with Crippen LogP contribution in [0.1, 0.15) is 15.9 Å². The molecule has 0 saturated carbocycles. The van der Waals surface area contributed by atoms with Gasteiger partial charge in [-0.2, -0.15) is 0 Å². The maximum absolute atomic E-state index is 10.7. The summed E-state index contributed by atoms with van der Waals surface area (Å²) in [6.07, 6.45) is 0. The fraction of sp³-hybridized carbons (Fsp3) is 0.182. The van der Waals surface area contributed by atoms with Gasteiger partial charge in [0, 0.05) is 11.3 Å². The summed E-state index contributed by atoms with van der Waals surface area (Å²) in [5, 5.41) is 11.6. The van der Waals surface area contributed by atoms with Gasteiger partial charge in [0.15, 0.2) is 0 Å². The number of anilines is 1. The van der Waals surface area contributed by atoms with Crippen molar-refractivity contribution < 1.29 is 9.90 Å². The Balaban J connectivity index is 3.02. The van der Waals surface area contributed by atoms with Crippen molar-refractivity contribution in [2.24, 2.45) is 0 Å². The zero-order valence-corrected chi connectivity index (χ0v) is 8.37. The number of hydrogen-bond acceptors (Lipinski definition) is 3. The summed E-state index contributed by atoms with van der Waals surface area (Å²) in [6, 6.07) is 4.48. The number of benzene rings is 1. The number of carboxylic acids is 1. The second kappa shape index (κ2) is 5.03. The second-order valence-corrected chi connectivity index (χ2v) is 2.94. The van der Waals surface area contributed by atoms with Crippen molar-refractivity contribution in [3.63, 3.8) is 0 Å². The lowest BCUT2D eigenvalue weighted by Gasteiger charge is -1.99. The molecule has 0 saturated heterocycles. The zero-order valence-electron chi connectivity index (χ0n) is 8.37. The van der Waals surface area contributed by atoms with Crippen LogP contribution in [0.5, 0.6) is 0 Å². The predicted molar refractivity (Wildman–Crippen MR) is 58.6 cm³/mol. The number of nitrogens with two attached hydrogens (primary N) is 1. The second-order valence-electron chi connectivity index (χ2n) is 2.94.